The average Bonchev–Trinajstić information content (AvgIpc) is 3.32. The van der Waals surface area contributed by atoms with Gasteiger partial charge in [0.15, 0.2) is 6.04 Å². The fourth-order valence-electron chi connectivity index (χ4n) is 2.84. The molecule has 0 spiro atoms. The third-order valence-corrected chi connectivity index (χ3v) is 4.30. The first kappa shape index (κ1) is 16.1. The third kappa shape index (κ3) is 3.44. The number of carbonyl (C=O) groups excluding carboxylic acids is 1. The summed E-state index contributed by atoms with van der Waals surface area (Å²) >= 11 is 0. The van der Waals surface area contributed by atoms with E-state index in [1.54, 1.807) is 0 Å². The molecule has 2 aliphatic rings. The molecule has 3 atom stereocenters. The maximum atomic E-state index is 12.0. The molecule has 5 N–H and O–H groups in total. The predicted octanol–water partition coefficient (Wildman–Crippen LogP) is -0.183. The molecule has 0 saturated heterocycles. The lowest BCUT2D eigenvalue weighted by molar-refractivity contribution is -0.472. The normalized spacial score (nSPS) is 25.9. The van der Waals surface area contributed by atoms with Crippen molar-refractivity contribution < 1.29 is 24.8 Å². The maximum Gasteiger partial charge on any atom is 0.320 e. The molecule has 2 aliphatic carbocycles. The summed E-state index contributed by atoms with van der Waals surface area (Å²) in [4.78, 5) is 26.1. The monoisotopic (exact) mass is 327 g/mol. The molecular formula is C18H19N2O4+. The van der Waals surface area contributed by atoms with E-state index >= 15 is 0 Å². The van der Waals surface area contributed by atoms with Gasteiger partial charge in [-0.1, -0.05) is 30.3 Å². The Labute approximate surface area is 139 Å². The highest BCUT2D eigenvalue weighted by Crippen LogP contribution is 2.37. The number of carboxylic acid groups (broad SMARTS) is 1. The topological polar surface area (TPSA) is 115 Å². The minimum Gasteiger partial charge on any atom is -0.508 e. The van der Waals surface area contributed by atoms with Crippen molar-refractivity contribution in [2.75, 3.05) is 0 Å². The zero-order valence-electron chi connectivity index (χ0n) is 13.0. The van der Waals surface area contributed by atoms with Gasteiger partial charge in [0.05, 0.1) is 5.92 Å². The molecular weight excluding hydrogens is 308 g/mol. The molecule has 0 aromatic heterocycles. The highest BCUT2D eigenvalue weighted by Gasteiger charge is 2.44. The fraction of sp³-hybridized carbons (Fsp3) is 0.278. The van der Waals surface area contributed by atoms with Crippen LogP contribution < -0.4 is 10.7 Å². The lowest BCUT2D eigenvalue weighted by atomic mass is 9.97. The second-order valence-electron chi connectivity index (χ2n) is 6.13. The molecule has 6 nitrogen and oxygen atoms in total. The Morgan fingerprint density at radius 2 is 2.00 bits per heavy atom. The van der Waals surface area contributed by atoms with E-state index in [4.69, 9.17) is 10.8 Å². The number of rotatable bonds is 5. The first-order valence-corrected chi connectivity index (χ1v) is 7.78. The van der Waals surface area contributed by atoms with Crippen LogP contribution in [-0.4, -0.2) is 39.8 Å². The number of aliphatic hydroxyl groups is 1. The van der Waals surface area contributed by atoms with Crippen molar-refractivity contribution in [2.24, 2.45) is 5.73 Å². The van der Waals surface area contributed by atoms with Crippen LogP contribution >= 0.6 is 0 Å². The summed E-state index contributed by atoms with van der Waals surface area (Å²) in [7, 11) is 0. The minimum absolute atomic E-state index is 0.0388. The second-order valence-corrected chi connectivity index (χ2v) is 6.13. The molecule has 124 valence electrons. The Bertz CT molecular complexity index is 764. The van der Waals surface area contributed by atoms with Crippen LogP contribution in [0.25, 0.3) is 0 Å². The first-order chi connectivity index (χ1) is 11.5. The van der Waals surface area contributed by atoms with Gasteiger partial charge in [-0.25, -0.2) is 4.99 Å². The van der Waals surface area contributed by atoms with Crippen LogP contribution in [-0.2, 0) is 9.59 Å². The van der Waals surface area contributed by atoms with Crippen molar-refractivity contribution in [3.8, 4) is 0 Å². The van der Waals surface area contributed by atoms with E-state index < -0.39 is 12.0 Å². The Kier molecular flexibility index (Phi) is 4.31. The highest BCUT2D eigenvalue weighted by molar-refractivity contribution is 6.46. The van der Waals surface area contributed by atoms with Crippen LogP contribution in [0.15, 0.2) is 53.8 Å². The number of aliphatic carboxylic acids is 1. The SMILES string of the molecule is N[C@@H](CC1=CC(=[NH+][C@H]2C[C@@H]2c2ccccc2)C(=O)C=C1O)C(=O)O. The third-order valence-electron chi connectivity index (χ3n) is 4.30. The molecule has 0 aliphatic heterocycles. The molecule has 1 fully saturated rings. The maximum absolute atomic E-state index is 12.0. The van der Waals surface area contributed by atoms with Crippen LogP contribution in [0.4, 0.5) is 0 Å². The number of hydrogen-bond acceptors (Lipinski definition) is 4. The Morgan fingerprint density at radius 1 is 1.29 bits per heavy atom. The van der Waals surface area contributed by atoms with Crippen molar-refractivity contribution in [3.05, 3.63) is 59.4 Å². The standard InChI is InChI=1S/C18H18N2O4/c19-13(18(23)24)6-11-7-15(17(22)9-16(11)21)20-14-8-12(14)10-4-2-1-3-5-10/h1-5,7,9,12-14,21H,6,8,19H2,(H,23,24)/p+1/t12-,13+,14+/m1/s1. The van der Waals surface area contributed by atoms with Crippen LogP contribution in [0.2, 0.25) is 0 Å². The number of aliphatic hydroxyl groups excluding tert-OH is 1. The number of carbonyl (C=O) groups is 2. The van der Waals surface area contributed by atoms with Gasteiger partial charge in [-0.15, -0.1) is 0 Å². The first-order valence-electron chi connectivity index (χ1n) is 7.78. The number of allylic oxidation sites excluding steroid dienone is 3. The lowest BCUT2D eigenvalue weighted by Crippen LogP contribution is -2.76. The van der Waals surface area contributed by atoms with E-state index in [-0.39, 0.29) is 24.0 Å². The molecule has 0 unspecified atom stereocenters. The molecule has 0 radical (unpaired) electrons. The lowest BCUT2D eigenvalue weighted by Gasteiger charge is -2.12. The molecule has 0 bridgehead atoms. The van der Waals surface area contributed by atoms with Crippen LogP contribution in [0, 0.1) is 0 Å². The van der Waals surface area contributed by atoms with Gasteiger partial charge in [-0.05, 0) is 5.56 Å². The molecule has 1 saturated carbocycles. The van der Waals surface area contributed by atoms with E-state index in [0.717, 1.165) is 12.5 Å². The van der Waals surface area contributed by atoms with Gasteiger partial charge in [0.1, 0.15) is 11.8 Å². The summed E-state index contributed by atoms with van der Waals surface area (Å²) in [5.74, 6) is -1.35. The molecule has 6 heteroatoms. The molecule has 1 aromatic carbocycles. The van der Waals surface area contributed by atoms with Gasteiger partial charge in [0.25, 0.3) is 5.78 Å². The van der Waals surface area contributed by atoms with Gasteiger partial charge in [0, 0.05) is 30.6 Å². The number of carboxylic acids is 1. The summed E-state index contributed by atoms with van der Waals surface area (Å²) in [5, 5.41) is 18.7. The zero-order chi connectivity index (χ0) is 17.3. The quantitative estimate of drug-likeness (QED) is 0.560. The summed E-state index contributed by atoms with van der Waals surface area (Å²) in [5.41, 5.74) is 7.44. The Balaban J connectivity index is 1.76. The average molecular weight is 327 g/mol. The van der Waals surface area contributed by atoms with Crippen molar-refractivity contribution in [1.82, 2.24) is 0 Å². The summed E-state index contributed by atoms with van der Waals surface area (Å²) < 4.78 is 0. The predicted molar refractivity (Wildman–Crippen MR) is 87.6 cm³/mol. The molecule has 1 aromatic rings. The van der Waals surface area contributed by atoms with Crippen molar-refractivity contribution >= 4 is 17.5 Å². The number of ketones is 1. The zero-order valence-corrected chi connectivity index (χ0v) is 13.0. The van der Waals surface area contributed by atoms with Gasteiger partial charge in [-0.2, -0.15) is 0 Å². The van der Waals surface area contributed by atoms with E-state index in [0.29, 0.717) is 17.2 Å². The minimum atomic E-state index is -1.15. The number of benzene rings is 1. The number of hydrogen-bond donors (Lipinski definition) is 4. The van der Waals surface area contributed by atoms with Gasteiger partial charge >= 0.3 is 5.97 Å². The molecule has 3 rings (SSSR count). The fourth-order valence-corrected chi connectivity index (χ4v) is 2.84. The van der Waals surface area contributed by atoms with Crippen molar-refractivity contribution in [1.29, 1.82) is 0 Å². The molecule has 24 heavy (non-hydrogen) atoms. The van der Waals surface area contributed by atoms with E-state index in [2.05, 4.69) is 17.1 Å². The van der Waals surface area contributed by atoms with Crippen molar-refractivity contribution in [3.63, 3.8) is 0 Å². The smallest absolute Gasteiger partial charge is 0.320 e. The van der Waals surface area contributed by atoms with Crippen LogP contribution in [0.1, 0.15) is 24.3 Å². The molecule has 0 heterocycles. The summed E-state index contributed by atoms with van der Waals surface area (Å²) in [6.45, 7) is 0. The summed E-state index contributed by atoms with van der Waals surface area (Å²) in [6.07, 6.45) is 3.49. The number of nitrogens with one attached hydrogen (secondary N) is 1. The highest BCUT2D eigenvalue weighted by atomic mass is 16.4. The second kappa shape index (κ2) is 6.41. The number of nitrogens with two attached hydrogens (primary N) is 1. The Hall–Kier alpha value is -2.73. The molecule has 0 amide bonds. The van der Waals surface area contributed by atoms with Crippen LogP contribution in [0.3, 0.4) is 0 Å². The van der Waals surface area contributed by atoms with E-state index in [1.807, 2.05) is 18.2 Å². The largest absolute Gasteiger partial charge is 0.508 e. The Morgan fingerprint density at radius 3 is 2.67 bits per heavy atom. The van der Waals surface area contributed by atoms with Crippen molar-refractivity contribution in [2.45, 2.75) is 30.8 Å². The van der Waals surface area contributed by atoms with Gasteiger partial charge in [-0.3, -0.25) is 9.59 Å². The summed E-state index contributed by atoms with van der Waals surface area (Å²) in [6, 6.07) is 9.06. The van der Waals surface area contributed by atoms with Gasteiger partial charge in [0.2, 0.25) is 5.71 Å². The van der Waals surface area contributed by atoms with Crippen LogP contribution in [0.5, 0.6) is 0 Å². The van der Waals surface area contributed by atoms with E-state index in [1.165, 1.54) is 11.6 Å². The van der Waals surface area contributed by atoms with E-state index in [9.17, 15) is 14.7 Å². The van der Waals surface area contributed by atoms with Gasteiger partial charge < -0.3 is 15.9 Å².